The normalized spacial score (nSPS) is 13.3. The van der Waals surface area contributed by atoms with Crippen LogP contribution in [0, 0.1) is 0 Å². The SMILES string of the molecule is O=C1Cc2nn(-c3ccccc3)c(NCc3ccccc3Cl)c2C(=O)N1. The Bertz CT molecular complexity index is 998. The lowest BCUT2D eigenvalue weighted by Gasteiger charge is -2.14. The molecule has 0 fully saturated rings. The van der Waals surface area contributed by atoms with E-state index >= 15 is 0 Å². The van der Waals surface area contributed by atoms with Crippen LogP contribution in [0.4, 0.5) is 5.82 Å². The summed E-state index contributed by atoms with van der Waals surface area (Å²) in [6.07, 6.45) is 0.0711. The van der Waals surface area contributed by atoms with Crippen LogP contribution < -0.4 is 10.6 Å². The number of aromatic nitrogens is 2. The van der Waals surface area contributed by atoms with Crippen LogP contribution in [0.15, 0.2) is 54.6 Å². The molecule has 6 nitrogen and oxygen atoms in total. The molecule has 0 saturated carbocycles. The highest BCUT2D eigenvalue weighted by molar-refractivity contribution is 6.31. The maximum atomic E-state index is 12.4. The van der Waals surface area contributed by atoms with Crippen molar-refractivity contribution in [1.82, 2.24) is 15.1 Å². The van der Waals surface area contributed by atoms with Crippen molar-refractivity contribution in [2.75, 3.05) is 5.32 Å². The van der Waals surface area contributed by atoms with E-state index in [2.05, 4.69) is 15.7 Å². The van der Waals surface area contributed by atoms with Crippen LogP contribution in [0.1, 0.15) is 21.6 Å². The smallest absolute Gasteiger partial charge is 0.263 e. The Morgan fingerprint density at radius 1 is 1.08 bits per heavy atom. The van der Waals surface area contributed by atoms with E-state index in [1.54, 1.807) is 4.68 Å². The van der Waals surface area contributed by atoms with Gasteiger partial charge in [0, 0.05) is 11.6 Å². The van der Waals surface area contributed by atoms with Crippen molar-refractivity contribution in [3.05, 3.63) is 76.4 Å². The van der Waals surface area contributed by atoms with Gasteiger partial charge < -0.3 is 5.32 Å². The van der Waals surface area contributed by atoms with Gasteiger partial charge in [0.15, 0.2) is 0 Å². The van der Waals surface area contributed by atoms with Crippen LogP contribution in [-0.4, -0.2) is 21.6 Å². The molecule has 2 heterocycles. The third-order valence-electron chi connectivity index (χ3n) is 4.17. The van der Waals surface area contributed by atoms with E-state index in [0.717, 1.165) is 11.3 Å². The van der Waals surface area contributed by atoms with E-state index in [0.29, 0.717) is 28.6 Å². The lowest BCUT2D eigenvalue weighted by molar-refractivity contribution is -0.119. The van der Waals surface area contributed by atoms with Crippen molar-refractivity contribution < 1.29 is 9.59 Å². The van der Waals surface area contributed by atoms with E-state index in [4.69, 9.17) is 11.6 Å². The molecule has 130 valence electrons. The Labute approximate surface area is 154 Å². The Balaban J connectivity index is 1.77. The fraction of sp³-hybridized carbons (Fsp3) is 0.105. The third kappa shape index (κ3) is 2.95. The summed E-state index contributed by atoms with van der Waals surface area (Å²) in [7, 11) is 0. The van der Waals surface area contributed by atoms with E-state index in [9.17, 15) is 9.59 Å². The van der Waals surface area contributed by atoms with E-state index < -0.39 is 5.91 Å². The maximum Gasteiger partial charge on any atom is 0.263 e. The molecule has 0 radical (unpaired) electrons. The van der Waals surface area contributed by atoms with Gasteiger partial charge in [-0.05, 0) is 23.8 Å². The number of hydrogen-bond donors (Lipinski definition) is 2. The number of carbonyl (C=O) groups excluding carboxylic acids is 2. The fourth-order valence-corrected chi connectivity index (χ4v) is 3.15. The number of benzene rings is 2. The van der Waals surface area contributed by atoms with Crippen LogP contribution in [0.25, 0.3) is 5.69 Å². The summed E-state index contributed by atoms with van der Waals surface area (Å²) in [6, 6.07) is 16.9. The molecular weight excluding hydrogens is 352 g/mol. The number of imide groups is 1. The Hall–Kier alpha value is -3.12. The number of nitrogens with one attached hydrogen (secondary N) is 2. The number of para-hydroxylation sites is 1. The number of halogens is 1. The predicted octanol–water partition coefficient (Wildman–Crippen LogP) is 2.95. The van der Waals surface area contributed by atoms with Crippen LogP contribution in [0.2, 0.25) is 5.02 Å². The minimum Gasteiger partial charge on any atom is -0.365 e. The molecule has 0 bridgehead atoms. The van der Waals surface area contributed by atoms with Crippen LogP contribution >= 0.6 is 11.6 Å². The van der Waals surface area contributed by atoms with Crippen molar-refractivity contribution in [3.8, 4) is 5.69 Å². The lowest BCUT2D eigenvalue weighted by atomic mass is 10.1. The Kier molecular flexibility index (Phi) is 4.18. The number of amides is 2. The number of hydrogen-bond acceptors (Lipinski definition) is 4. The second-order valence-corrected chi connectivity index (χ2v) is 6.32. The minimum absolute atomic E-state index is 0.0711. The summed E-state index contributed by atoms with van der Waals surface area (Å²) in [5, 5.41) is 10.8. The van der Waals surface area contributed by atoms with Gasteiger partial charge in [-0.1, -0.05) is 48.0 Å². The van der Waals surface area contributed by atoms with Gasteiger partial charge in [-0.2, -0.15) is 5.10 Å². The highest BCUT2D eigenvalue weighted by Crippen LogP contribution is 2.27. The molecule has 1 aliphatic rings. The summed E-state index contributed by atoms with van der Waals surface area (Å²) in [5.74, 6) is -0.255. The van der Waals surface area contributed by atoms with E-state index in [1.807, 2.05) is 54.6 Å². The number of carbonyl (C=O) groups is 2. The molecule has 0 unspecified atom stereocenters. The first-order chi connectivity index (χ1) is 12.6. The van der Waals surface area contributed by atoms with E-state index in [-0.39, 0.29) is 12.3 Å². The predicted molar refractivity (Wildman–Crippen MR) is 98.5 cm³/mol. The largest absolute Gasteiger partial charge is 0.365 e. The molecular formula is C19H15ClN4O2. The van der Waals surface area contributed by atoms with Crippen molar-refractivity contribution in [1.29, 1.82) is 0 Å². The zero-order valence-electron chi connectivity index (χ0n) is 13.7. The quantitative estimate of drug-likeness (QED) is 0.696. The molecule has 2 N–H and O–H groups in total. The summed E-state index contributed by atoms with van der Waals surface area (Å²) < 4.78 is 1.65. The van der Waals surface area contributed by atoms with Crippen molar-refractivity contribution in [2.45, 2.75) is 13.0 Å². The first kappa shape index (κ1) is 16.4. The zero-order valence-corrected chi connectivity index (χ0v) is 14.5. The Morgan fingerprint density at radius 3 is 2.58 bits per heavy atom. The molecule has 2 amide bonds. The topological polar surface area (TPSA) is 76.0 Å². The molecule has 0 saturated heterocycles. The first-order valence-electron chi connectivity index (χ1n) is 8.12. The second kappa shape index (κ2) is 6.65. The number of nitrogens with zero attached hydrogens (tertiary/aromatic N) is 2. The molecule has 3 aromatic rings. The molecule has 0 aliphatic carbocycles. The van der Waals surface area contributed by atoms with Crippen LogP contribution in [-0.2, 0) is 17.8 Å². The van der Waals surface area contributed by atoms with Crippen LogP contribution in [0.3, 0.4) is 0 Å². The average Bonchev–Trinajstić information content (AvgIpc) is 3.00. The maximum absolute atomic E-state index is 12.4. The lowest BCUT2D eigenvalue weighted by Crippen LogP contribution is -2.37. The first-order valence-corrected chi connectivity index (χ1v) is 8.50. The monoisotopic (exact) mass is 366 g/mol. The summed E-state index contributed by atoms with van der Waals surface area (Å²) in [5.41, 5.74) is 2.55. The van der Waals surface area contributed by atoms with Crippen molar-refractivity contribution in [3.63, 3.8) is 0 Å². The third-order valence-corrected chi connectivity index (χ3v) is 4.54. The number of anilines is 1. The summed E-state index contributed by atoms with van der Waals surface area (Å²) in [6.45, 7) is 0.422. The number of rotatable bonds is 4. The average molecular weight is 367 g/mol. The van der Waals surface area contributed by atoms with Gasteiger partial charge >= 0.3 is 0 Å². The van der Waals surface area contributed by atoms with Gasteiger partial charge in [-0.25, -0.2) is 4.68 Å². The van der Waals surface area contributed by atoms with E-state index in [1.165, 1.54) is 0 Å². The van der Waals surface area contributed by atoms with Crippen molar-refractivity contribution in [2.24, 2.45) is 0 Å². The van der Waals surface area contributed by atoms with Crippen LogP contribution in [0.5, 0.6) is 0 Å². The molecule has 4 rings (SSSR count). The second-order valence-electron chi connectivity index (χ2n) is 5.92. The highest BCUT2D eigenvalue weighted by atomic mass is 35.5. The van der Waals surface area contributed by atoms with Crippen molar-refractivity contribution >= 4 is 29.2 Å². The fourth-order valence-electron chi connectivity index (χ4n) is 2.95. The molecule has 0 atom stereocenters. The van der Waals surface area contributed by atoms with Gasteiger partial charge in [0.1, 0.15) is 11.4 Å². The van der Waals surface area contributed by atoms with Gasteiger partial charge in [0.05, 0.1) is 17.8 Å². The zero-order chi connectivity index (χ0) is 18.1. The van der Waals surface area contributed by atoms with Gasteiger partial charge in [-0.3, -0.25) is 14.9 Å². The molecule has 7 heteroatoms. The highest BCUT2D eigenvalue weighted by Gasteiger charge is 2.31. The Morgan fingerprint density at radius 2 is 1.81 bits per heavy atom. The van der Waals surface area contributed by atoms with Gasteiger partial charge in [0.25, 0.3) is 5.91 Å². The molecule has 2 aromatic carbocycles. The molecule has 26 heavy (non-hydrogen) atoms. The summed E-state index contributed by atoms with van der Waals surface area (Å²) in [4.78, 5) is 24.1. The standard InChI is InChI=1S/C19H15ClN4O2/c20-14-9-5-4-6-12(14)11-21-18-17-15(10-16(25)22-19(17)26)23-24(18)13-7-2-1-3-8-13/h1-9,21H,10-11H2,(H,22,25,26). The van der Waals surface area contributed by atoms with Gasteiger partial charge in [0.2, 0.25) is 5.91 Å². The van der Waals surface area contributed by atoms with Gasteiger partial charge in [-0.15, -0.1) is 0 Å². The number of fused-ring (bicyclic) bond motifs is 1. The summed E-state index contributed by atoms with van der Waals surface area (Å²) >= 11 is 6.23. The minimum atomic E-state index is -0.444. The molecule has 1 aromatic heterocycles. The molecule has 1 aliphatic heterocycles. The molecule has 0 spiro atoms.